The number of benzene rings is 2. The molecule has 0 unspecified atom stereocenters. The van der Waals surface area contributed by atoms with Crippen molar-refractivity contribution in [2.24, 2.45) is 0 Å². The second-order valence-electron chi connectivity index (χ2n) is 8.60. The highest BCUT2D eigenvalue weighted by Gasteiger charge is 2.51. The Bertz CT molecular complexity index is 913. The quantitative estimate of drug-likeness (QED) is 0.516. The molecule has 2 heterocycles. The number of aliphatic hydroxyl groups excluding tert-OH is 4. The van der Waals surface area contributed by atoms with Crippen LogP contribution < -0.4 is 4.74 Å². The van der Waals surface area contributed by atoms with Crippen molar-refractivity contribution < 1.29 is 34.6 Å². The van der Waals surface area contributed by atoms with Crippen molar-refractivity contribution >= 4 is 11.6 Å². The Hall–Kier alpha value is -1.71. The van der Waals surface area contributed by atoms with Gasteiger partial charge in [0.2, 0.25) is 0 Å². The van der Waals surface area contributed by atoms with Crippen LogP contribution in [-0.2, 0) is 21.5 Å². The smallest absolute Gasteiger partial charge is 0.124 e. The van der Waals surface area contributed by atoms with Gasteiger partial charge in [-0.1, -0.05) is 35.9 Å². The Labute approximate surface area is 192 Å². The van der Waals surface area contributed by atoms with Crippen molar-refractivity contribution in [3.05, 3.63) is 64.2 Å². The van der Waals surface area contributed by atoms with Crippen molar-refractivity contribution in [2.75, 3.05) is 19.8 Å². The molecule has 0 aliphatic carbocycles. The van der Waals surface area contributed by atoms with Crippen LogP contribution in [-0.4, -0.2) is 70.8 Å². The summed E-state index contributed by atoms with van der Waals surface area (Å²) in [6.45, 7) is 2.48. The van der Waals surface area contributed by atoms with E-state index < -0.39 is 36.6 Å². The van der Waals surface area contributed by atoms with Gasteiger partial charge in [-0.2, -0.15) is 0 Å². The van der Waals surface area contributed by atoms with Crippen LogP contribution in [0.1, 0.15) is 30.0 Å². The van der Waals surface area contributed by atoms with Gasteiger partial charge in [-0.25, -0.2) is 0 Å². The third-order valence-electron chi connectivity index (χ3n) is 6.32. The van der Waals surface area contributed by atoms with Gasteiger partial charge in [-0.15, -0.1) is 0 Å². The topological polar surface area (TPSA) is 109 Å². The van der Waals surface area contributed by atoms with E-state index in [0.717, 1.165) is 29.9 Å². The number of hydrogen-bond donors (Lipinski definition) is 4. The predicted molar refractivity (Wildman–Crippen MR) is 118 cm³/mol. The van der Waals surface area contributed by atoms with E-state index in [1.165, 1.54) is 0 Å². The summed E-state index contributed by atoms with van der Waals surface area (Å²) >= 11 is 6.45. The zero-order valence-electron chi connectivity index (χ0n) is 17.9. The van der Waals surface area contributed by atoms with Gasteiger partial charge in [-0.3, -0.25) is 0 Å². The maximum Gasteiger partial charge on any atom is 0.124 e. The highest BCUT2D eigenvalue weighted by Crippen LogP contribution is 2.39. The van der Waals surface area contributed by atoms with E-state index in [4.69, 9.17) is 25.8 Å². The van der Waals surface area contributed by atoms with Crippen LogP contribution in [0.25, 0.3) is 0 Å². The van der Waals surface area contributed by atoms with Gasteiger partial charge in [0.25, 0.3) is 0 Å². The van der Waals surface area contributed by atoms with E-state index in [-0.39, 0.29) is 6.10 Å². The van der Waals surface area contributed by atoms with Crippen LogP contribution in [0.4, 0.5) is 0 Å². The summed E-state index contributed by atoms with van der Waals surface area (Å²) in [6, 6.07) is 13.1. The summed E-state index contributed by atoms with van der Waals surface area (Å²) in [4.78, 5) is 0. The fraction of sp³-hybridized carbons (Fsp3) is 0.500. The zero-order valence-corrected chi connectivity index (χ0v) is 18.6. The maximum atomic E-state index is 10.7. The van der Waals surface area contributed by atoms with E-state index in [0.29, 0.717) is 23.6 Å². The molecule has 2 fully saturated rings. The first-order chi connectivity index (χ1) is 15.3. The monoisotopic (exact) mass is 464 g/mol. The van der Waals surface area contributed by atoms with Gasteiger partial charge in [0.15, 0.2) is 0 Å². The minimum absolute atomic E-state index is 0.0891. The summed E-state index contributed by atoms with van der Waals surface area (Å²) in [6.07, 6.45) is -3.72. The Kier molecular flexibility index (Phi) is 7.07. The third kappa shape index (κ3) is 4.65. The Balaban J connectivity index is 1.53. The van der Waals surface area contributed by atoms with Crippen molar-refractivity contribution in [1.82, 2.24) is 0 Å². The van der Waals surface area contributed by atoms with Crippen LogP contribution in [0.15, 0.2) is 42.5 Å². The number of hydrogen-bond acceptors (Lipinski definition) is 7. The molecule has 0 saturated carbocycles. The van der Waals surface area contributed by atoms with Crippen LogP contribution in [0.5, 0.6) is 5.75 Å². The molecule has 2 saturated heterocycles. The molecule has 0 bridgehead atoms. The number of aliphatic hydroxyl groups is 4. The lowest BCUT2D eigenvalue weighted by Gasteiger charge is -2.47. The first kappa shape index (κ1) is 23.4. The Morgan fingerprint density at radius 2 is 1.84 bits per heavy atom. The summed E-state index contributed by atoms with van der Waals surface area (Å²) in [5.74, 6) is 0.790. The standard InChI is InChI=1S/C24H29ClO7/c1-24(23(29)22(28)21(27)20(12-26)32-24)16-4-7-19(25)15(11-16)10-14-2-5-17(6-3-14)31-18-8-9-30-13-18/h2-7,11,18,20-23,26-29H,8-10,12-13H2,1H3/t18-,20+,21+,22-,23+,24-/m0/s1. The molecule has 4 N–H and O–H groups in total. The lowest BCUT2D eigenvalue weighted by Crippen LogP contribution is -2.62. The Morgan fingerprint density at radius 3 is 2.50 bits per heavy atom. The second-order valence-corrected chi connectivity index (χ2v) is 9.01. The van der Waals surface area contributed by atoms with Crippen molar-refractivity contribution in [3.63, 3.8) is 0 Å². The zero-order chi connectivity index (χ0) is 22.9. The molecule has 2 aliphatic heterocycles. The summed E-state index contributed by atoms with van der Waals surface area (Å²) in [5, 5.41) is 41.1. The van der Waals surface area contributed by atoms with Gasteiger partial charge in [-0.05, 0) is 48.2 Å². The molecule has 32 heavy (non-hydrogen) atoms. The van der Waals surface area contributed by atoms with Gasteiger partial charge in [0.1, 0.15) is 41.9 Å². The number of halogens is 1. The molecular weight excluding hydrogens is 436 g/mol. The summed E-state index contributed by atoms with van der Waals surface area (Å²) in [7, 11) is 0. The normalized spacial score (nSPS) is 32.8. The third-order valence-corrected chi connectivity index (χ3v) is 6.69. The fourth-order valence-corrected chi connectivity index (χ4v) is 4.48. The molecule has 174 valence electrons. The molecule has 4 rings (SSSR count). The first-order valence-corrected chi connectivity index (χ1v) is 11.1. The van der Waals surface area contributed by atoms with E-state index in [9.17, 15) is 20.4 Å². The van der Waals surface area contributed by atoms with Crippen molar-refractivity contribution in [1.29, 1.82) is 0 Å². The largest absolute Gasteiger partial charge is 0.488 e. The van der Waals surface area contributed by atoms with E-state index >= 15 is 0 Å². The highest BCUT2D eigenvalue weighted by molar-refractivity contribution is 6.31. The molecule has 2 aromatic rings. The fourth-order valence-electron chi connectivity index (χ4n) is 4.29. The number of rotatable bonds is 6. The maximum absolute atomic E-state index is 10.7. The van der Waals surface area contributed by atoms with Crippen LogP contribution >= 0.6 is 11.6 Å². The average Bonchev–Trinajstić information content (AvgIpc) is 3.30. The predicted octanol–water partition coefficient (Wildman–Crippen LogP) is 1.79. The van der Waals surface area contributed by atoms with E-state index in [1.807, 2.05) is 30.3 Å². The van der Waals surface area contributed by atoms with E-state index in [2.05, 4.69) is 0 Å². The number of ether oxygens (including phenoxy) is 3. The van der Waals surface area contributed by atoms with Gasteiger partial charge < -0.3 is 34.6 Å². The molecule has 0 radical (unpaired) electrons. The van der Waals surface area contributed by atoms with Gasteiger partial charge >= 0.3 is 0 Å². The SMILES string of the molecule is C[C@@]1(c2ccc(Cl)c(Cc3ccc(O[C@H]4CCOC4)cc3)c2)O[C@H](CO)[C@@H](O)[C@H](O)[C@H]1O. The van der Waals surface area contributed by atoms with Crippen molar-refractivity contribution in [2.45, 2.75) is 55.9 Å². The Morgan fingerprint density at radius 1 is 1.09 bits per heavy atom. The van der Waals surface area contributed by atoms with Crippen molar-refractivity contribution in [3.8, 4) is 5.75 Å². The molecule has 0 amide bonds. The average molecular weight is 465 g/mol. The van der Waals surface area contributed by atoms with E-state index in [1.54, 1.807) is 19.1 Å². The molecule has 2 aromatic carbocycles. The first-order valence-electron chi connectivity index (χ1n) is 10.8. The summed E-state index contributed by atoms with van der Waals surface area (Å²) < 4.78 is 17.1. The minimum Gasteiger partial charge on any atom is -0.488 e. The lowest BCUT2D eigenvalue weighted by molar-refractivity contribution is -0.273. The molecule has 0 spiro atoms. The molecule has 0 aromatic heterocycles. The molecule has 8 heteroatoms. The molecule has 2 aliphatic rings. The van der Waals surface area contributed by atoms with Crippen LogP contribution in [0.2, 0.25) is 5.02 Å². The van der Waals surface area contributed by atoms with Gasteiger partial charge in [0, 0.05) is 11.4 Å². The second kappa shape index (κ2) is 9.65. The highest BCUT2D eigenvalue weighted by atomic mass is 35.5. The van der Waals surface area contributed by atoms with Gasteiger partial charge in [0.05, 0.1) is 19.8 Å². The molecule has 6 atom stereocenters. The van der Waals surface area contributed by atoms with Crippen LogP contribution in [0, 0.1) is 0 Å². The lowest BCUT2D eigenvalue weighted by atomic mass is 9.80. The summed E-state index contributed by atoms with van der Waals surface area (Å²) in [5.41, 5.74) is 1.11. The minimum atomic E-state index is -1.46. The molecule has 7 nitrogen and oxygen atoms in total. The molecular formula is C24H29ClO7. The van der Waals surface area contributed by atoms with Crippen LogP contribution in [0.3, 0.4) is 0 Å².